The molecule has 4 rings (SSSR count). The van der Waals surface area contributed by atoms with Crippen molar-refractivity contribution in [1.82, 2.24) is 19.4 Å². The van der Waals surface area contributed by atoms with E-state index < -0.39 is 15.9 Å². The second kappa shape index (κ2) is 8.56. The molecule has 0 unspecified atom stereocenters. The van der Waals surface area contributed by atoms with Gasteiger partial charge in [0.25, 0.3) is 5.91 Å². The molecule has 32 heavy (non-hydrogen) atoms. The molecule has 0 saturated carbocycles. The second-order valence-electron chi connectivity index (χ2n) is 7.53. The molecular formula is C22H23N5O4S. The molecule has 2 N–H and O–H groups in total. The van der Waals surface area contributed by atoms with Crippen molar-refractivity contribution in [2.24, 2.45) is 0 Å². The van der Waals surface area contributed by atoms with E-state index >= 15 is 0 Å². The van der Waals surface area contributed by atoms with Crippen LogP contribution in [0.15, 0.2) is 59.5 Å². The lowest BCUT2D eigenvalue weighted by Crippen LogP contribution is -2.49. The molecule has 1 aliphatic heterocycles. The number of carbonyl (C=O) groups is 2. The Bertz CT molecular complexity index is 1300. The Morgan fingerprint density at radius 1 is 1.09 bits per heavy atom. The molecule has 0 radical (unpaired) electrons. The van der Waals surface area contributed by atoms with E-state index in [4.69, 9.17) is 0 Å². The van der Waals surface area contributed by atoms with E-state index in [2.05, 4.69) is 15.7 Å². The number of aryl methyl sites for hydroxylation is 2. The molecule has 10 heteroatoms. The van der Waals surface area contributed by atoms with Crippen molar-refractivity contribution in [2.75, 3.05) is 25.0 Å². The molecule has 1 aliphatic rings. The summed E-state index contributed by atoms with van der Waals surface area (Å²) in [5.41, 5.74) is 3.21. The van der Waals surface area contributed by atoms with Gasteiger partial charge in [0.15, 0.2) is 0 Å². The number of aromatic nitrogens is 2. The maximum absolute atomic E-state index is 13.0. The highest BCUT2D eigenvalue weighted by Crippen LogP contribution is 2.23. The Labute approximate surface area is 186 Å². The van der Waals surface area contributed by atoms with E-state index in [9.17, 15) is 18.0 Å². The SMILES string of the molecule is Cc1cc(C)n(-c2ccccc2NC(=O)c2cccc(S(=O)(=O)N3CCNC(=O)C3)c2)n1. The van der Waals surface area contributed by atoms with Crippen LogP contribution in [-0.4, -0.2) is 54.0 Å². The standard InChI is InChI=1S/C22H23N5O4S/c1-15-12-16(2)27(25-15)20-9-4-3-8-19(20)24-22(29)17-6-5-7-18(13-17)32(30,31)26-11-10-23-21(28)14-26/h3-9,12-13H,10-11,14H2,1-2H3,(H,23,28)(H,24,29). The molecule has 0 aliphatic carbocycles. The molecule has 0 bridgehead atoms. The fourth-order valence-corrected chi connectivity index (χ4v) is 5.04. The summed E-state index contributed by atoms with van der Waals surface area (Å²) in [6.45, 7) is 4.01. The van der Waals surface area contributed by atoms with Crippen LogP contribution in [-0.2, 0) is 14.8 Å². The molecule has 3 aromatic rings. The summed E-state index contributed by atoms with van der Waals surface area (Å²) in [5, 5.41) is 9.93. The van der Waals surface area contributed by atoms with Crippen molar-refractivity contribution in [3.8, 4) is 5.69 Å². The van der Waals surface area contributed by atoms with Gasteiger partial charge in [-0.3, -0.25) is 9.59 Å². The zero-order valence-corrected chi connectivity index (χ0v) is 18.5. The number of carbonyl (C=O) groups excluding carboxylic acids is 2. The molecule has 2 amide bonds. The summed E-state index contributed by atoms with van der Waals surface area (Å²) in [4.78, 5) is 24.6. The van der Waals surface area contributed by atoms with Gasteiger partial charge in [-0.25, -0.2) is 13.1 Å². The summed E-state index contributed by atoms with van der Waals surface area (Å²) >= 11 is 0. The van der Waals surface area contributed by atoms with Crippen molar-refractivity contribution in [2.45, 2.75) is 18.7 Å². The first kappa shape index (κ1) is 21.7. The average Bonchev–Trinajstić information content (AvgIpc) is 3.12. The predicted octanol–water partition coefficient (Wildman–Crippen LogP) is 1.86. The lowest BCUT2D eigenvalue weighted by Gasteiger charge is -2.26. The quantitative estimate of drug-likeness (QED) is 0.612. The number of amides is 2. The lowest BCUT2D eigenvalue weighted by atomic mass is 10.2. The summed E-state index contributed by atoms with van der Waals surface area (Å²) in [6, 6.07) is 15.0. The third kappa shape index (κ3) is 4.27. The Kier molecular flexibility index (Phi) is 5.81. The van der Waals surface area contributed by atoms with Gasteiger partial charge in [0.2, 0.25) is 15.9 Å². The highest BCUT2D eigenvalue weighted by molar-refractivity contribution is 7.89. The third-order valence-electron chi connectivity index (χ3n) is 5.13. The molecule has 0 spiro atoms. The van der Waals surface area contributed by atoms with Crippen LogP contribution in [0.25, 0.3) is 5.69 Å². The van der Waals surface area contributed by atoms with Crippen LogP contribution < -0.4 is 10.6 Å². The number of hydrogen-bond donors (Lipinski definition) is 2. The van der Waals surface area contributed by atoms with Crippen molar-refractivity contribution >= 4 is 27.5 Å². The summed E-state index contributed by atoms with van der Waals surface area (Å²) in [6.07, 6.45) is 0. The van der Waals surface area contributed by atoms with Gasteiger partial charge in [-0.15, -0.1) is 0 Å². The van der Waals surface area contributed by atoms with Crippen molar-refractivity contribution in [1.29, 1.82) is 0 Å². The largest absolute Gasteiger partial charge is 0.354 e. The zero-order valence-electron chi connectivity index (χ0n) is 17.7. The van der Waals surface area contributed by atoms with Crippen LogP contribution in [0.3, 0.4) is 0 Å². The summed E-state index contributed by atoms with van der Waals surface area (Å²) in [5.74, 6) is -0.804. The van der Waals surface area contributed by atoms with E-state index in [1.54, 1.807) is 22.9 Å². The van der Waals surface area contributed by atoms with Crippen LogP contribution >= 0.6 is 0 Å². The minimum absolute atomic E-state index is 0.0355. The maximum atomic E-state index is 13.0. The van der Waals surface area contributed by atoms with E-state index in [0.717, 1.165) is 15.7 Å². The van der Waals surface area contributed by atoms with E-state index in [0.29, 0.717) is 11.4 Å². The maximum Gasteiger partial charge on any atom is 0.255 e. The second-order valence-corrected chi connectivity index (χ2v) is 9.46. The first-order chi connectivity index (χ1) is 15.3. The molecule has 166 valence electrons. The number of nitrogens with zero attached hydrogens (tertiary/aromatic N) is 3. The number of sulfonamides is 1. The van der Waals surface area contributed by atoms with E-state index in [-0.39, 0.29) is 36.0 Å². The number of rotatable bonds is 5. The number of nitrogens with one attached hydrogen (secondary N) is 2. The Morgan fingerprint density at radius 2 is 1.88 bits per heavy atom. The number of para-hydroxylation sites is 2. The van der Waals surface area contributed by atoms with Crippen LogP contribution in [0.2, 0.25) is 0 Å². The summed E-state index contributed by atoms with van der Waals surface area (Å²) < 4.78 is 28.8. The molecule has 9 nitrogen and oxygen atoms in total. The lowest BCUT2D eigenvalue weighted by molar-refractivity contribution is -0.122. The van der Waals surface area contributed by atoms with Gasteiger partial charge in [-0.05, 0) is 50.2 Å². The minimum Gasteiger partial charge on any atom is -0.354 e. The van der Waals surface area contributed by atoms with Crippen LogP contribution in [0, 0.1) is 13.8 Å². The number of piperazine rings is 1. The first-order valence-corrected chi connectivity index (χ1v) is 11.5. The number of benzene rings is 2. The molecule has 1 fully saturated rings. The Morgan fingerprint density at radius 3 is 2.59 bits per heavy atom. The van der Waals surface area contributed by atoms with Gasteiger partial charge in [0.05, 0.1) is 28.5 Å². The minimum atomic E-state index is -3.90. The fourth-order valence-electron chi connectivity index (χ4n) is 3.60. The Balaban J connectivity index is 1.61. The van der Waals surface area contributed by atoms with Gasteiger partial charge in [0.1, 0.15) is 0 Å². The highest BCUT2D eigenvalue weighted by atomic mass is 32.2. The molecule has 2 aromatic carbocycles. The third-order valence-corrected chi connectivity index (χ3v) is 6.97. The van der Waals surface area contributed by atoms with Gasteiger partial charge in [0, 0.05) is 24.3 Å². The predicted molar refractivity (Wildman–Crippen MR) is 119 cm³/mol. The molecular weight excluding hydrogens is 430 g/mol. The van der Waals surface area contributed by atoms with Crippen molar-refractivity contribution in [3.63, 3.8) is 0 Å². The monoisotopic (exact) mass is 453 g/mol. The van der Waals surface area contributed by atoms with Gasteiger partial charge in [-0.2, -0.15) is 9.40 Å². The van der Waals surface area contributed by atoms with Crippen molar-refractivity contribution < 1.29 is 18.0 Å². The highest BCUT2D eigenvalue weighted by Gasteiger charge is 2.29. The molecule has 1 saturated heterocycles. The van der Waals surface area contributed by atoms with Crippen LogP contribution in [0.1, 0.15) is 21.7 Å². The smallest absolute Gasteiger partial charge is 0.255 e. The van der Waals surface area contributed by atoms with Crippen LogP contribution in [0.4, 0.5) is 5.69 Å². The zero-order chi connectivity index (χ0) is 22.9. The topological polar surface area (TPSA) is 113 Å². The average molecular weight is 454 g/mol. The van der Waals surface area contributed by atoms with Gasteiger partial charge in [-0.1, -0.05) is 18.2 Å². The Hall–Kier alpha value is -3.50. The first-order valence-electron chi connectivity index (χ1n) is 10.1. The van der Waals surface area contributed by atoms with E-state index in [1.807, 2.05) is 32.0 Å². The van der Waals surface area contributed by atoms with E-state index in [1.165, 1.54) is 18.2 Å². The fraction of sp³-hybridized carbons (Fsp3) is 0.227. The molecule has 0 atom stereocenters. The normalized spacial score (nSPS) is 14.8. The van der Waals surface area contributed by atoms with Gasteiger partial charge >= 0.3 is 0 Å². The molecule has 2 heterocycles. The number of hydrogen-bond acceptors (Lipinski definition) is 5. The summed E-state index contributed by atoms with van der Waals surface area (Å²) in [7, 11) is -3.90. The molecule has 1 aromatic heterocycles. The number of anilines is 1. The van der Waals surface area contributed by atoms with Crippen molar-refractivity contribution in [3.05, 3.63) is 71.5 Å². The van der Waals surface area contributed by atoms with Gasteiger partial charge < -0.3 is 10.6 Å². The van der Waals surface area contributed by atoms with Crippen LogP contribution in [0.5, 0.6) is 0 Å².